The van der Waals surface area contributed by atoms with E-state index in [0.717, 1.165) is 10.2 Å². The lowest BCUT2D eigenvalue weighted by molar-refractivity contribution is 0.103. The molecular formula is C16H12BrN3OS2. The standard InChI is InChI=1S/C16H12BrN3OS2/c17-10-6-8-12(9-7-10)20-14(18)13(23-16(20)22)15(21)19-11-4-2-1-3-5-11/h1-9H,18H2,(H,19,21). The van der Waals surface area contributed by atoms with Crippen molar-refractivity contribution in [2.24, 2.45) is 0 Å². The fourth-order valence-electron chi connectivity index (χ4n) is 2.09. The van der Waals surface area contributed by atoms with Gasteiger partial charge in [-0.05, 0) is 48.6 Å². The molecule has 1 aromatic heterocycles. The maximum atomic E-state index is 12.4. The summed E-state index contributed by atoms with van der Waals surface area (Å²) in [6, 6.07) is 16.8. The number of carbonyl (C=O) groups excluding carboxylic acids is 1. The number of hydrogen-bond donors (Lipinski definition) is 2. The van der Waals surface area contributed by atoms with Crippen molar-refractivity contribution in [2.75, 3.05) is 11.1 Å². The van der Waals surface area contributed by atoms with E-state index in [9.17, 15) is 4.79 Å². The summed E-state index contributed by atoms with van der Waals surface area (Å²) in [5.74, 6) is 0.0800. The van der Waals surface area contributed by atoms with Gasteiger partial charge < -0.3 is 11.1 Å². The van der Waals surface area contributed by atoms with Gasteiger partial charge in [-0.2, -0.15) is 0 Å². The average molecular weight is 406 g/mol. The molecule has 0 fully saturated rings. The Morgan fingerprint density at radius 1 is 1.13 bits per heavy atom. The predicted molar refractivity (Wildman–Crippen MR) is 101 cm³/mol. The minimum Gasteiger partial charge on any atom is -0.383 e. The number of halogens is 1. The zero-order chi connectivity index (χ0) is 16.4. The minimum atomic E-state index is -0.263. The number of nitrogen functional groups attached to an aromatic ring is 1. The maximum absolute atomic E-state index is 12.4. The second kappa shape index (κ2) is 6.66. The van der Waals surface area contributed by atoms with Gasteiger partial charge in [0.2, 0.25) is 0 Å². The second-order valence-electron chi connectivity index (χ2n) is 4.71. The molecule has 3 N–H and O–H groups in total. The van der Waals surface area contributed by atoms with Crippen molar-refractivity contribution in [3.8, 4) is 5.69 Å². The number of rotatable bonds is 3. The van der Waals surface area contributed by atoms with Crippen LogP contribution >= 0.6 is 39.5 Å². The zero-order valence-electron chi connectivity index (χ0n) is 11.8. The Bertz CT molecular complexity index is 901. The van der Waals surface area contributed by atoms with E-state index in [1.54, 1.807) is 4.57 Å². The number of aromatic nitrogens is 1. The van der Waals surface area contributed by atoms with E-state index in [2.05, 4.69) is 21.2 Å². The number of para-hydroxylation sites is 1. The summed E-state index contributed by atoms with van der Waals surface area (Å²) in [7, 11) is 0. The number of benzene rings is 2. The molecule has 1 amide bonds. The Morgan fingerprint density at radius 3 is 2.43 bits per heavy atom. The highest BCUT2D eigenvalue weighted by molar-refractivity contribution is 9.10. The van der Waals surface area contributed by atoms with Crippen molar-refractivity contribution in [2.45, 2.75) is 0 Å². The molecule has 0 aliphatic rings. The second-order valence-corrected chi connectivity index (χ2v) is 7.27. The van der Waals surface area contributed by atoms with Gasteiger partial charge in [-0.1, -0.05) is 45.5 Å². The zero-order valence-corrected chi connectivity index (χ0v) is 15.0. The lowest BCUT2D eigenvalue weighted by Crippen LogP contribution is -2.13. The van der Waals surface area contributed by atoms with Crippen LogP contribution in [0, 0.1) is 3.95 Å². The van der Waals surface area contributed by atoms with Gasteiger partial charge in [0.1, 0.15) is 10.7 Å². The summed E-state index contributed by atoms with van der Waals surface area (Å²) >= 11 is 9.96. The fourth-order valence-corrected chi connectivity index (χ4v) is 3.62. The van der Waals surface area contributed by atoms with Crippen LogP contribution in [0.25, 0.3) is 5.69 Å². The molecular weight excluding hydrogens is 394 g/mol. The smallest absolute Gasteiger partial charge is 0.269 e. The van der Waals surface area contributed by atoms with E-state index < -0.39 is 0 Å². The number of nitrogens with one attached hydrogen (secondary N) is 1. The Morgan fingerprint density at radius 2 is 1.78 bits per heavy atom. The number of nitrogens with zero attached hydrogens (tertiary/aromatic N) is 1. The first-order valence-electron chi connectivity index (χ1n) is 6.70. The molecule has 0 unspecified atom stereocenters. The molecule has 1 heterocycles. The SMILES string of the molecule is Nc1c(C(=O)Nc2ccccc2)sc(=S)n1-c1ccc(Br)cc1. The minimum absolute atomic E-state index is 0.263. The van der Waals surface area contributed by atoms with E-state index in [-0.39, 0.29) is 5.91 Å². The van der Waals surface area contributed by atoms with Gasteiger partial charge in [0, 0.05) is 15.8 Å². The summed E-state index contributed by atoms with van der Waals surface area (Å²) in [5, 5.41) is 2.82. The Hall–Kier alpha value is -1.96. The van der Waals surface area contributed by atoms with E-state index in [4.69, 9.17) is 18.0 Å². The van der Waals surface area contributed by atoms with E-state index >= 15 is 0 Å². The van der Waals surface area contributed by atoms with Crippen LogP contribution in [0.5, 0.6) is 0 Å². The summed E-state index contributed by atoms with van der Waals surface area (Å²) in [4.78, 5) is 12.8. The summed E-state index contributed by atoms with van der Waals surface area (Å²) < 4.78 is 3.19. The molecule has 3 rings (SSSR count). The van der Waals surface area contributed by atoms with Gasteiger partial charge in [0.25, 0.3) is 5.91 Å². The van der Waals surface area contributed by atoms with Gasteiger partial charge in [0.15, 0.2) is 3.95 Å². The number of hydrogen-bond acceptors (Lipinski definition) is 4. The van der Waals surface area contributed by atoms with Crippen LogP contribution in [0.2, 0.25) is 0 Å². The molecule has 0 atom stereocenters. The lowest BCUT2D eigenvalue weighted by atomic mass is 10.3. The summed E-state index contributed by atoms with van der Waals surface area (Å²) in [5.41, 5.74) is 7.70. The highest BCUT2D eigenvalue weighted by Crippen LogP contribution is 2.27. The molecule has 116 valence electrons. The molecule has 0 aliphatic carbocycles. The van der Waals surface area contributed by atoms with Gasteiger partial charge in [0.05, 0.1) is 0 Å². The molecule has 7 heteroatoms. The fraction of sp³-hybridized carbons (Fsp3) is 0. The van der Waals surface area contributed by atoms with E-state index in [1.165, 1.54) is 11.3 Å². The number of nitrogens with two attached hydrogens (primary N) is 1. The third-order valence-electron chi connectivity index (χ3n) is 3.17. The molecule has 4 nitrogen and oxygen atoms in total. The Labute approximate surface area is 150 Å². The molecule has 0 bridgehead atoms. The third-order valence-corrected chi connectivity index (χ3v) is 5.09. The van der Waals surface area contributed by atoms with Crippen LogP contribution in [0.1, 0.15) is 9.67 Å². The Kier molecular flexibility index (Phi) is 4.61. The van der Waals surface area contributed by atoms with Gasteiger partial charge >= 0.3 is 0 Å². The number of amides is 1. The summed E-state index contributed by atoms with van der Waals surface area (Å²) in [6.45, 7) is 0. The number of anilines is 2. The van der Waals surface area contributed by atoms with Crippen molar-refractivity contribution in [3.05, 3.63) is 67.9 Å². The molecule has 0 saturated carbocycles. The highest BCUT2D eigenvalue weighted by Gasteiger charge is 2.18. The molecule has 0 aliphatic heterocycles. The molecule has 0 radical (unpaired) electrons. The van der Waals surface area contributed by atoms with Crippen molar-refractivity contribution < 1.29 is 4.79 Å². The number of carbonyl (C=O) groups is 1. The molecule has 2 aromatic carbocycles. The lowest BCUT2D eigenvalue weighted by Gasteiger charge is -2.07. The number of thiazole rings is 1. The third kappa shape index (κ3) is 3.36. The van der Waals surface area contributed by atoms with Crippen LogP contribution in [0.4, 0.5) is 11.5 Å². The topological polar surface area (TPSA) is 60.1 Å². The van der Waals surface area contributed by atoms with Gasteiger partial charge in [-0.15, -0.1) is 0 Å². The van der Waals surface area contributed by atoms with Crippen LogP contribution in [0.15, 0.2) is 59.1 Å². The largest absolute Gasteiger partial charge is 0.383 e. The van der Waals surface area contributed by atoms with Crippen LogP contribution in [-0.4, -0.2) is 10.5 Å². The Balaban J connectivity index is 1.96. The van der Waals surface area contributed by atoms with E-state index in [1.807, 2.05) is 54.6 Å². The van der Waals surface area contributed by atoms with Gasteiger partial charge in [-0.3, -0.25) is 9.36 Å². The first-order chi connectivity index (χ1) is 11.1. The highest BCUT2D eigenvalue weighted by atomic mass is 79.9. The first-order valence-corrected chi connectivity index (χ1v) is 8.71. The normalized spacial score (nSPS) is 10.5. The summed E-state index contributed by atoms with van der Waals surface area (Å²) in [6.07, 6.45) is 0. The predicted octanol–water partition coefficient (Wildman–Crippen LogP) is 4.87. The van der Waals surface area contributed by atoms with E-state index in [0.29, 0.717) is 20.3 Å². The molecule has 3 aromatic rings. The van der Waals surface area contributed by atoms with Gasteiger partial charge in [-0.25, -0.2) is 0 Å². The van der Waals surface area contributed by atoms with Crippen molar-refractivity contribution >= 4 is 56.9 Å². The molecule has 23 heavy (non-hydrogen) atoms. The van der Waals surface area contributed by atoms with Crippen LogP contribution in [0.3, 0.4) is 0 Å². The first kappa shape index (κ1) is 15.9. The van der Waals surface area contributed by atoms with Crippen molar-refractivity contribution in [3.63, 3.8) is 0 Å². The molecule has 0 spiro atoms. The van der Waals surface area contributed by atoms with Crippen molar-refractivity contribution in [1.29, 1.82) is 0 Å². The van der Waals surface area contributed by atoms with Crippen LogP contribution < -0.4 is 11.1 Å². The quantitative estimate of drug-likeness (QED) is 0.611. The van der Waals surface area contributed by atoms with Crippen molar-refractivity contribution in [1.82, 2.24) is 4.57 Å². The average Bonchev–Trinajstić information content (AvgIpc) is 2.84. The maximum Gasteiger partial charge on any atom is 0.269 e. The van der Waals surface area contributed by atoms with Crippen LogP contribution in [-0.2, 0) is 0 Å². The monoisotopic (exact) mass is 405 g/mol. The molecule has 0 saturated heterocycles.